The summed E-state index contributed by atoms with van der Waals surface area (Å²) in [5.74, 6) is 0.867. The zero-order chi connectivity index (χ0) is 16.7. The average molecular weight is 407 g/mol. The van der Waals surface area contributed by atoms with Gasteiger partial charge in [0.2, 0.25) is 12.7 Å². The van der Waals surface area contributed by atoms with Crippen LogP contribution in [0.25, 0.3) is 6.08 Å². The summed E-state index contributed by atoms with van der Waals surface area (Å²) in [5.41, 5.74) is 1.47. The maximum atomic E-state index is 12.1. The Morgan fingerprint density at radius 3 is 2.71 bits per heavy atom. The zero-order valence-electron chi connectivity index (χ0n) is 12.1. The topological polar surface area (TPSA) is 57.1 Å². The number of carbonyl (C=O) groups is 1. The molecule has 2 aromatic carbocycles. The van der Waals surface area contributed by atoms with Gasteiger partial charge in [-0.15, -0.1) is 0 Å². The van der Waals surface area contributed by atoms with Crippen LogP contribution in [0.1, 0.15) is 11.1 Å². The van der Waals surface area contributed by atoms with Crippen molar-refractivity contribution in [2.75, 3.05) is 6.79 Å². The minimum absolute atomic E-state index is 0.151. The Hall–Kier alpha value is -2.31. The number of aliphatic imine (C=N–C) groups is 1. The Bertz CT molecular complexity index is 923. The first-order chi connectivity index (χ1) is 11.6. The third-order valence-electron chi connectivity index (χ3n) is 3.51. The van der Waals surface area contributed by atoms with Gasteiger partial charge in [0.15, 0.2) is 17.2 Å². The van der Waals surface area contributed by atoms with Crippen LogP contribution in [0.2, 0.25) is 5.02 Å². The molecular formula is C17H9BrClNO4. The fourth-order valence-electron chi connectivity index (χ4n) is 2.35. The lowest BCUT2D eigenvalue weighted by molar-refractivity contribution is -0.129. The monoisotopic (exact) mass is 405 g/mol. The number of nitrogens with zero attached hydrogens (tertiary/aromatic N) is 1. The van der Waals surface area contributed by atoms with Crippen molar-refractivity contribution < 1.29 is 19.0 Å². The number of rotatable bonds is 2. The quantitative estimate of drug-likeness (QED) is 0.555. The number of hydrogen-bond donors (Lipinski definition) is 0. The molecule has 4 rings (SSSR count). The van der Waals surface area contributed by atoms with E-state index >= 15 is 0 Å². The zero-order valence-corrected chi connectivity index (χ0v) is 14.4. The number of halogens is 2. The molecule has 2 aromatic rings. The number of fused-ring (bicyclic) bond motifs is 1. The average Bonchev–Trinajstić information content (AvgIpc) is 3.15. The summed E-state index contributed by atoms with van der Waals surface area (Å²) < 4.78 is 16.6. The van der Waals surface area contributed by atoms with Crippen molar-refractivity contribution in [2.24, 2.45) is 4.99 Å². The van der Waals surface area contributed by atoms with Gasteiger partial charge in [-0.3, -0.25) is 0 Å². The van der Waals surface area contributed by atoms with E-state index in [4.69, 9.17) is 25.8 Å². The fraction of sp³-hybridized carbons (Fsp3) is 0.0588. The van der Waals surface area contributed by atoms with Crippen LogP contribution >= 0.6 is 27.5 Å². The number of carbonyl (C=O) groups excluding carboxylic acids is 1. The van der Waals surface area contributed by atoms with Crippen molar-refractivity contribution in [1.29, 1.82) is 0 Å². The van der Waals surface area contributed by atoms with Crippen LogP contribution < -0.4 is 9.47 Å². The van der Waals surface area contributed by atoms with Gasteiger partial charge in [0.25, 0.3) is 0 Å². The smallest absolute Gasteiger partial charge is 0.363 e. The lowest BCUT2D eigenvalue weighted by Crippen LogP contribution is -2.05. The summed E-state index contributed by atoms with van der Waals surface area (Å²) in [7, 11) is 0. The summed E-state index contributed by atoms with van der Waals surface area (Å²) in [6, 6.07) is 10.7. The summed E-state index contributed by atoms with van der Waals surface area (Å²) in [6.45, 7) is 0.151. The van der Waals surface area contributed by atoms with Gasteiger partial charge >= 0.3 is 5.97 Å². The van der Waals surface area contributed by atoms with Crippen LogP contribution in [0, 0.1) is 0 Å². The first-order valence-corrected chi connectivity index (χ1v) is 8.15. The Morgan fingerprint density at radius 2 is 1.92 bits per heavy atom. The minimum Gasteiger partial charge on any atom is -0.454 e. The molecule has 2 aliphatic rings. The number of hydrogen-bond acceptors (Lipinski definition) is 5. The minimum atomic E-state index is -0.533. The Morgan fingerprint density at radius 1 is 1.17 bits per heavy atom. The van der Waals surface area contributed by atoms with Crippen LogP contribution in [0.4, 0.5) is 0 Å². The lowest BCUT2D eigenvalue weighted by atomic mass is 10.1. The van der Waals surface area contributed by atoms with Gasteiger partial charge in [-0.05, 0) is 45.8 Å². The number of benzene rings is 2. The van der Waals surface area contributed by atoms with Crippen molar-refractivity contribution in [3.05, 3.63) is 62.7 Å². The van der Waals surface area contributed by atoms with E-state index in [0.29, 0.717) is 27.6 Å². The van der Waals surface area contributed by atoms with Gasteiger partial charge in [-0.25, -0.2) is 9.79 Å². The number of esters is 1. The largest absolute Gasteiger partial charge is 0.454 e. The van der Waals surface area contributed by atoms with Crippen LogP contribution in [0.5, 0.6) is 11.5 Å². The van der Waals surface area contributed by atoms with Crippen molar-refractivity contribution in [3.63, 3.8) is 0 Å². The Labute approximate surface area is 150 Å². The highest BCUT2D eigenvalue weighted by Crippen LogP contribution is 2.38. The Kier molecular flexibility index (Phi) is 3.78. The predicted octanol–water partition coefficient (Wildman–Crippen LogP) is 4.18. The predicted molar refractivity (Wildman–Crippen MR) is 92.3 cm³/mol. The molecule has 5 nitrogen and oxygen atoms in total. The molecule has 0 N–H and O–H groups in total. The van der Waals surface area contributed by atoms with Gasteiger partial charge in [0.1, 0.15) is 0 Å². The molecule has 2 aliphatic heterocycles. The fourth-order valence-corrected chi connectivity index (χ4v) is 3.01. The van der Waals surface area contributed by atoms with Gasteiger partial charge in [0, 0.05) is 10.5 Å². The van der Waals surface area contributed by atoms with E-state index < -0.39 is 5.97 Å². The number of ether oxygens (including phenoxy) is 3. The van der Waals surface area contributed by atoms with Crippen LogP contribution in [0.15, 0.2) is 51.6 Å². The standard InChI is InChI=1S/C17H9BrClNO4/c18-11-4-2-1-3-10(11)16-20-13(17(21)24-16)5-9-6-14-15(7-12(9)19)23-8-22-14/h1-7H,8H2/b13-5-. The highest BCUT2D eigenvalue weighted by atomic mass is 79.9. The number of cyclic esters (lactones) is 1. The van der Waals surface area contributed by atoms with Crippen molar-refractivity contribution in [3.8, 4) is 11.5 Å². The van der Waals surface area contributed by atoms with E-state index in [0.717, 1.165) is 4.47 Å². The van der Waals surface area contributed by atoms with Crippen LogP contribution in [0.3, 0.4) is 0 Å². The maximum Gasteiger partial charge on any atom is 0.363 e. The van der Waals surface area contributed by atoms with Crippen molar-refractivity contribution in [2.45, 2.75) is 0 Å². The van der Waals surface area contributed by atoms with E-state index in [-0.39, 0.29) is 18.4 Å². The van der Waals surface area contributed by atoms with Gasteiger partial charge in [0.05, 0.1) is 10.6 Å². The normalized spacial score (nSPS) is 17.2. The second-order valence-electron chi connectivity index (χ2n) is 5.04. The second-order valence-corrected chi connectivity index (χ2v) is 6.30. The molecule has 24 heavy (non-hydrogen) atoms. The third-order valence-corrected chi connectivity index (χ3v) is 4.53. The molecule has 120 valence electrons. The highest BCUT2D eigenvalue weighted by Gasteiger charge is 2.26. The molecule has 0 spiro atoms. The van der Waals surface area contributed by atoms with E-state index in [1.54, 1.807) is 18.2 Å². The molecule has 0 unspecified atom stereocenters. The molecule has 0 saturated carbocycles. The van der Waals surface area contributed by atoms with Crippen molar-refractivity contribution in [1.82, 2.24) is 0 Å². The molecule has 0 radical (unpaired) electrons. The molecule has 7 heteroatoms. The summed E-state index contributed by atoms with van der Waals surface area (Å²) in [6.07, 6.45) is 1.57. The van der Waals surface area contributed by atoms with E-state index in [1.165, 1.54) is 0 Å². The summed E-state index contributed by atoms with van der Waals surface area (Å²) in [5, 5.41) is 0.434. The van der Waals surface area contributed by atoms with Gasteiger partial charge < -0.3 is 14.2 Å². The first-order valence-electron chi connectivity index (χ1n) is 6.98. The van der Waals surface area contributed by atoms with E-state index in [9.17, 15) is 4.79 Å². The third kappa shape index (κ3) is 2.68. The SMILES string of the molecule is O=C1OC(c2ccccc2Br)=N/C1=C\c1cc2c(cc1Cl)OCO2. The molecule has 0 aliphatic carbocycles. The molecule has 0 aromatic heterocycles. The highest BCUT2D eigenvalue weighted by molar-refractivity contribution is 9.10. The summed E-state index contributed by atoms with van der Waals surface area (Å²) >= 11 is 9.64. The van der Waals surface area contributed by atoms with E-state index in [2.05, 4.69) is 20.9 Å². The summed E-state index contributed by atoms with van der Waals surface area (Å²) in [4.78, 5) is 16.4. The van der Waals surface area contributed by atoms with Gasteiger partial charge in [-0.2, -0.15) is 0 Å². The lowest BCUT2D eigenvalue weighted by Gasteiger charge is -2.01. The molecule has 0 saturated heterocycles. The molecule has 0 fully saturated rings. The molecular weight excluding hydrogens is 398 g/mol. The van der Waals surface area contributed by atoms with Gasteiger partial charge in [-0.1, -0.05) is 23.7 Å². The first kappa shape index (κ1) is 15.2. The molecule has 0 bridgehead atoms. The van der Waals surface area contributed by atoms with Crippen LogP contribution in [-0.2, 0) is 9.53 Å². The maximum absolute atomic E-state index is 12.1. The van der Waals surface area contributed by atoms with Crippen molar-refractivity contribution >= 4 is 45.5 Å². The van der Waals surface area contributed by atoms with Crippen LogP contribution in [-0.4, -0.2) is 18.7 Å². The molecule has 0 amide bonds. The molecule has 2 heterocycles. The molecule has 0 atom stereocenters. The van der Waals surface area contributed by atoms with E-state index in [1.807, 2.05) is 24.3 Å². The second kappa shape index (κ2) is 5.96. The Balaban J connectivity index is 1.73.